The van der Waals surface area contributed by atoms with Crippen molar-refractivity contribution in [2.45, 2.75) is 19.6 Å². The first kappa shape index (κ1) is 14.2. The molecule has 0 spiro atoms. The molecule has 0 radical (unpaired) electrons. The van der Waals surface area contributed by atoms with Crippen LogP contribution in [0.4, 0.5) is 5.69 Å². The third kappa shape index (κ3) is 6.00. The van der Waals surface area contributed by atoms with Gasteiger partial charge in [-0.05, 0) is 31.8 Å². The zero-order chi connectivity index (χ0) is 13.6. The zero-order valence-electron chi connectivity index (χ0n) is 10.8. The predicted octanol–water partition coefficient (Wildman–Crippen LogP) is 2.56. The fraction of sp³-hybridized carbons (Fsp3) is 0.231. The summed E-state index contributed by atoms with van der Waals surface area (Å²) in [5.74, 6) is -0.828. The average Bonchev–Trinajstić information content (AvgIpc) is 2.25. The first-order valence-electron chi connectivity index (χ1n) is 5.64. The van der Waals surface area contributed by atoms with Crippen molar-refractivity contribution in [3.63, 3.8) is 0 Å². The van der Waals surface area contributed by atoms with Crippen LogP contribution in [0.25, 0.3) is 0 Å². The van der Waals surface area contributed by atoms with Crippen LogP contribution in [0, 0.1) is 0 Å². The zero-order valence-corrected chi connectivity index (χ0v) is 11.8. The van der Waals surface area contributed by atoms with Gasteiger partial charge in [-0.1, -0.05) is 18.2 Å². The second kappa shape index (κ2) is 6.16. The van der Waals surface area contributed by atoms with Crippen molar-refractivity contribution in [1.29, 1.82) is 0 Å². The smallest absolute Gasteiger partial charge is 0.317 e. The summed E-state index contributed by atoms with van der Waals surface area (Å²) in [6.45, 7) is 5.72. The molecule has 4 nitrogen and oxygen atoms in total. The molecule has 0 atom stereocenters. The van der Waals surface area contributed by atoms with Crippen molar-refractivity contribution >= 4 is 25.9 Å². The van der Waals surface area contributed by atoms with Gasteiger partial charge in [0.15, 0.2) is 0 Å². The maximum atomic E-state index is 11.5. The predicted molar refractivity (Wildman–Crippen MR) is 73.6 cm³/mol. The van der Waals surface area contributed by atoms with Crippen LogP contribution in [0.5, 0.6) is 0 Å². The summed E-state index contributed by atoms with van der Waals surface area (Å²) in [6.07, 6.45) is 2.33. The summed E-state index contributed by atoms with van der Waals surface area (Å²) in [7, 11) is -1.90. The molecule has 0 aliphatic heterocycles. The summed E-state index contributed by atoms with van der Waals surface area (Å²) < 4.78 is 5.17. The summed E-state index contributed by atoms with van der Waals surface area (Å²) in [6, 6.07) is 9.03. The minimum atomic E-state index is -1.90. The van der Waals surface area contributed by atoms with Gasteiger partial charge in [0.2, 0.25) is 14.2 Å². The lowest BCUT2D eigenvalue weighted by Gasteiger charge is -2.15. The van der Waals surface area contributed by atoms with Crippen LogP contribution >= 0.6 is 0 Å². The molecule has 0 unspecified atom stereocenters. The van der Waals surface area contributed by atoms with Crippen LogP contribution in [0.15, 0.2) is 42.5 Å². The molecular weight excluding hydrogens is 246 g/mol. The molecule has 0 heterocycles. The summed E-state index contributed by atoms with van der Waals surface area (Å²) in [5.41, 5.74) is 0.686. The number of carbonyl (C=O) groups is 2. The number of benzene rings is 1. The molecule has 1 aromatic rings. The molecule has 1 amide bonds. The average molecular weight is 263 g/mol. The Bertz CT molecular complexity index is 449. The molecule has 1 aromatic carbocycles. The second-order valence-electron chi connectivity index (χ2n) is 4.72. The highest BCUT2D eigenvalue weighted by molar-refractivity contribution is 6.71. The van der Waals surface area contributed by atoms with Gasteiger partial charge in [0.1, 0.15) is 0 Å². The quantitative estimate of drug-likeness (QED) is 0.671. The van der Waals surface area contributed by atoms with E-state index in [4.69, 9.17) is 4.43 Å². The summed E-state index contributed by atoms with van der Waals surface area (Å²) >= 11 is 0. The molecule has 0 aromatic heterocycles. The van der Waals surface area contributed by atoms with E-state index in [9.17, 15) is 9.59 Å². The minimum Gasteiger partial charge on any atom is -0.517 e. The normalized spacial score (nSPS) is 11.3. The molecule has 18 heavy (non-hydrogen) atoms. The molecule has 0 bridgehead atoms. The van der Waals surface area contributed by atoms with E-state index in [1.54, 1.807) is 12.1 Å². The van der Waals surface area contributed by atoms with E-state index >= 15 is 0 Å². The SMILES string of the molecule is C[Si](C)(C)OC(=O)/C=C\C(=O)Nc1ccccc1. The van der Waals surface area contributed by atoms with Crippen LogP contribution in [0.2, 0.25) is 19.6 Å². The van der Waals surface area contributed by atoms with E-state index in [0.29, 0.717) is 5.69 Å². The van der Waals surface area contributed by atoms with Crippen molar-refractivity contribution in [2.75, 3.05) is 5.32 Å². The Labute approximate surface area is 108 Å². The molecule has 0 saturated carbocycles. The topological polar surface area (TPSA) is 55.4 Å². The molecule has 1 rings (SSSR count). The van der Waals surface area contributed by atoms with E-state index in [2.05, 4.69) is 5.32 Å². The largest absolute Gasteiger partial charge is 0.517 e. The lowest BCUT2D eigenvalue weighted by atomic mass is 10.3. The lowest BCUT2D eigenvalue weighted by molar-refractivity contribution is -0.129. The van der Waals surface area contributed by atoms with Crippen LogP contribution in [0.3, 0.4) is 0 Å². The Morgan fingerprint density at radius 2 is 1.72 bits per heavy atom. The first-order valence-corrected chi connectivity index (χ1v) is 9.05. The number of rotatable bonds is 4. The number of anilines is 1. The third-order valence-electron chi connectivity index (χ3n) is 1.82. The lowest BCUT2D eigenvalue weighted by Crippen LogP contribution is -2.28. The van der Waals surface area contributed by atoms with Gasteiger partial charge in [-0.3, -0.25) is 4.79 Å². The van der Waals surface area contributed by atoms with Crippen LogP contribution in [-0.2, 0) is 14.0 Å². The van der Waals surface area contributed by atoms with Gasteiger partial charge in [0.25, 0.3) is 0 Å². The molecule has 1 N–H and O–H groups in total. The Kier molecular flexibility index (Phi) is 4.85. The van der Waals surface area contributed by atoms with Crippen molar-refractivity contribution in [2.24, 2.45) is 0 Å². The number of nitrogens with one attached hydrogen (secondary N) is 1. The van der Waals surface area contributed by atoms with Gasteiger partial charge in [-0.15, -0.1) is 0 Å². The number of hydrogen-bond acceptors (Lipinski definition) is 3. The maximum absolute atomic E-state index is 11.5. The van der Waals surface area contributed by atoms with Crippen molar-refractivity contribution in [1.82, 2.24) is 0 Å². The summed E-state index contributed by atoms with van der Waals surface area (Å²) in [5, 5.41) is 2.64. The fourth-order valence-corrected chi connectivity index (χ4v) is 1.86. The Morgan fingerprint density at radius 1 is 1.11 bits per heavy atom. The number of amides is 1. The van der Waals surface area contributed by atoms with Crippen LogP contribution < -0.4 is 5.32 Å². The molecule has 0 aliphatic carbocycles. The molecule has 96 valence electrons. The van der Waals surface area contributed by atoms with Gasteiger partial charge in [0, 0.05) is 17.8 Å². The fourth-order valence-electron chi connectivity index (χ4n) is 1.18. The highest BCUT2D eigenvalue weighted by Gasteiger charge is 2.18. The highest BCUT2D eigenvalue weighted by Crippen LogP contribution is 2.05. The molecule has 0 fully saturated rings. The van der Waals surface area contributed by atoms with Gasteiger partial charge in [0.05, 0.1) is 0 Å². The van der Waals surface area contributed by atoms with Crippen molar-refractivity contribution < 1.29 is 14.0 Å². The minimum absolute atomic E-state index is 0.353. The Morgan fingerprint density at radius 3 is 2.28 bits per heavy atom. The van der Waals surface area contributed by atoms with Crippen molar-refractivity contribution in [3.05, 3.63) is 42.5 Å². The number of carbonyl (C=O) groups excluding carboxylic acids is 2. The van der Waals surface area contributed by atoms with E-state index in [0.717, 1.165) is 6.08 Å². The van der Waals surface area contributed by atoms with Gasteiger partial charge in [-0.2, -0.15) is 0 Å². The monoisotopic (exact) mass is 263 g/mol. The Hall–Kier alpha value is -1.88. The van der Waals surface area contributed by atoms with Gasteiger partial charge >= 0.3 is 5.97 Å². The van der Waals surface area contributed by atoms with E-state index in [-0.39, 0.29) is 5.91 Å². The van der Waals surface area contributed by atoms with E-state index < -0.39 is 14.3 Å². The van der Waals surface area contributed by atoms with Crippen LogP contribution in [-0.4, -0.2) is 20.2 Å². The van der Waals surface area contributed by atoms with Crippen LogP contribution in [0.1, 0.15) is 0 Å². The molecule has 0 aliphatic rings. The van der Waals surface area contributed by atoms with E-state index in [1.807, 2.05) is 37.8 Å². The molecule has 5 heteroatoms. The number of para-hydroxylation sites is 1. The first-order chi connectivity index (χ1) is 8.37. The Balaban J connectivity index is 2.48. The second-order valence-corrected chi connectivity index (χ2v) is 9.15. The maximum Gasteiger partial charge on any atom is 0.317 e. The highest BCUT2D eigenvalue weighted by atomic mass is 28.4. The molecule has 0 saturated heterocycles. The van der Waals surface area contributed by atoms with Crippen molar-refractivity contribution in [3.8, 4) is 0 Å². The van der Waals surface area contributed by atoms with Gasteiger partial charge < -0.3 is 9.74 Å². The standard InChI is InChI=1S/C13H17NO3Si/c1-18(2,3)17-13(16)10-9-12(15)14-11-7-5-4-6-8-11/h4-10H,1-3H3,(H,14,15)/b10-9-. The van der Waals surface area contributed by atoms with E-state index in [1.165, 1.54) is 6.08 Å². The van der Waals surface area contributed by atoms with Gasteiger partial charge in [-0.25, -0.2) is 4.79 Å². The molecular formula is C13H17NO3Si. The number of hydrogen-bond donors (Lipinski definition) is 1. The third-order valence-corrected chi connectivity index (χ3v) is 2.63. The summed E-state index contributed by atoms with van der Waals surface area (Å²) in [4.78, 5) is 22.8.